The maximum atomic E-state index is 12.3. The standard InChI is InChI=1S/C19H16IN3O2/c1-12-11-13(2)22-19(21-12)25-15-9-7-14(8-10-15)23-18(24)16-5-3-4-6-17(16)20/h3-11H,1-2H3,(H,23,24). The smallest absolute Gasteiger partial charge is 0.322 e. The van der Waals surface area contributed by atoms with Gasteiger partial charge in [0.2, 0.25) is 0 Å². The minimum absolute atomic E-state index is 0.142. The van der Waals surface area contributed by atoms with Crippen LogP contribution in [0, 0.1) is 17.4 Å². The minimum atomic E-state index is -0.142. The van der Waals surface area contributed by atoms with Crippen molar-refractivity contribution in [2.75, 3.05) is 5.32 Å². The van der Waals surface area contributed by atoms with Crippen molar-refractivity contribution >= 4 is 34.2 Å². The summed E-state index contributed by atoms with van der Waals surface area (Å²) in [6, 6.07) is 16.8. The topological polar surface area (TPSA) is 64.1 Å². The van der Waals surface area contributed by atoms with Gasteiger partial charge in [0.15, 0.2) is 0 Å². The Labute approximate surface area is 159 Å². The number of carbonyl (C=O) groups is 1. The van der Waals surface area contributed by atoms with E-state index in [2.05, 4.69) is 37.9 Å². The van der Waals surface area contributed by atoms with Gasteiger partial charge >= 0.3 is 6.01 Å². The molecule has 5 nitrogen and oxygen atoms in total. The number of amides is 1. The van der Waals surface area contributed by atoms with E-state index in [1.807, 2.05) is 38.1 Å². The summed E-state index contributed by atoms with van der Waals surface area (Å²) < 4.78 is 6.57. The van der Waals surface area contributed by atoms with E-state index in [1.165, 1.54) is 0 Å². The number of anilines is 1. The molecular formula is C19H16IN3O2. The van der Waals surface area contributed by atoms with Crippen molar-refractivity contribution in [2.45, 2.75) is 13.8 Å². The van der Waals surface area contributed by atoms with E-state index in [4.69, 9.17) is 4.74 Å². The number of aromatic nitrogens is 2. The third-order valence-corrected chi connectivity index (χ3v) is 4.34. The van der Waals surface area contributed by atoms with E-state index in [0.29, 0.717) is 23.0 Å². The van der Waals surface area contributed by atoms with Crippen LogP contribution in [0.4, 0.5) is 5.69 Å². The fourth-order valence-electron chi connectivity index (χ4n) is 2.29. The number of benzene rings is 2. The number of nitrogens with one attached hydrogen (secondary N) is 1. The fourth-order valence-corrected chi connectivity index (χ4v) is 2.93. The van der Waals surface area contributed by atoms with Crippen molar-refractivity contribution in [1.82, 2.24) is 9.97 Å². The Balaban J connectivity index is 1.70. The summed E-state index contributed by atoms with van der Waals surface area (Å²) >= 11 is 2.15. The molecule has 0 fully saturated rings. The lowest BCUT2D eigenvalue weighted by atomic mass is 10.2. The van der Waals surface area contributed by atoms with Gasteiger partial charge in [-0.1, -0.05) is 12.1 Å². The molecule has 1 heterocycles. The first-order valence-corrected chi connectivity index (χ1v) is 8.75. The Hall–Kier alpha value is -2.48. The molecule has 3 rings (SSSR count). The molecule has 0 atom stereocenters. The van der Waals surface area contributed by atoms with Crippen molar-refractivity contribution in [3.63, 3.8) is 0 Å². The average molecular weight is 445 g/mol. The number of hydrogen-bond donors (Lipinski definition) is 1. The van der Waals surface area contributed by atoms with E-state index in [-0.39, 0.29) is 5.91 Å². The molecule has 0 saturated heterocycles. The number of rotatable bonds is 4. The molecule has 1 amide bonds. The molecule has 0 unspecified atom stereocenters. The lowest BCUT2D eigenvalue weighted by molar-refractivity contribution is 0.102. The second-order valence-corrected chi connectivity index (χ2v) is 6.66. The predicted molar refractivity (Wildman–Crippen MR) is 105 cm³/mol. The molecule has 6 heteroatoms. The molecule has 3 aromatic rings. The molecule has 0 spiro atoms. The van der Waals surface area contributed by atoms with Gasteiger partial charge in [-0.25, -0.2) is 9.97 Å². The summed E-state index contributed by atoms with van der Waals surface area (Å²) in [6.07, 6.45) is 0. The highest BCUT2D eigenvalue weighted by Crippen LogP contribution is 2.21. The van der Waals surface area contributed by atoms with Crippen molar-refractivity contribution in [1.29, 1.82) is 0 Å². The highest BCUT2D eigenvalue weighted by molar-refractivity contribution is 14.1. The third-order valence-electron chi connectivity index (χ3n) is 3.40. The number of carbonyl (C=O) groups excluding carboxylic acids is 1. The van der Waals surface area contributed by atoms with Crippen LogP contribution < -0.4 is 10.1 Å². The van der Waals surface area contributed by atoms with Gasteiger partial charge < -0.3 is 10.1 Å². The quantitative estimate of drug-likeness (QED) is 0.590. The van der Waals surface area contributed by atoms with Crippen LogP contribution in [0.5, 0.6) is 11.8 Å². The van der Waals surface area contributed by atoms with Gasteiger partial charge in [-0.2, -0.15) is 0 Å². The zero-order valence-electron chi connectivity index (χ0n) is 13.8. The largest absolute Gasteiger partial charge is 0.424 e. The van der Waals surface area contributed by atoms with Gasteiger partial charge in [-0.05, 0) is 78.9 Å². The highest BCUT2D eigenvalue weighted by Gasteiger charge is 2.09. The summed E-state index contributed by atoms with van der Waals surface area (Å²) in [5.74, 6) is 0.466. The van der Waals surface area contributed by atoms with Crippen molar-refractivity contribution in [3.8, 4) is 11.8 Å². The summed E-state index contributed by atoms with van der Waals surface area (Å²) in [4.78, 5) is 20.8. The van der Waals surface area contributed by atoms with E-state index in [1.54, 1.807) is 30.3 Å². The maximum absolute atomic E-state index is 12.3. The van der Waals surface area contributed by atoms with Crippen LogP contribution in [0.1, 0.15) is 21.7 Å². The lowest BCUT2D eigenvalue weighted by Gasteiger charge is -2.09. The Morgan fingerprint density at radius 2 is 1.64 bits per heavy atom. The minimum Gasteiger partial charge on any atom is -0.424 e. The molecule has 1 aromatic heterocycles. The van der Waals surface area contributed by atoms with Crippen molar-refractivity contribution in [3.05, 3.63) is 75.1 Å². The van der Waals surface area contributed by atoms with Crippen molar-refractivity contribution in [2.24, 2.45) is 0 Å². The van der Waals surface area contributed by atoms with Crippen LogP contribution in [0.25, 0.3) is 0 Å². The lowest BCUT2D eigenvalue weighted by Crippen LogP contribution is -2.13. The van der Waals surface area contributed by atoms with Gasteiger partial charge in [-0.3, -0.25) is 4.79 Å². The van der Waals surface area contributed by atoms with E-state index >= 15 is 0 Å². The molecule has 25 heavy (non-hydrogen) atoms. The number of halogens is 1. The monoisotopic (exact) mass is 445 g/mol. The van der Waals surface area contributed by atoms with Gasteiger partial charge in [0.05, 0.1) is 5.56 Å². The first kappa shape index (κ1) is 17.3. The van der Waals surface area contributed by atoms with Crippen molar-refractivity contribution < 1.29 is 9.53 Å². The van der Waals surface area contributed by atoms with Crippen LogP contribution in [0.3, 0.4) is 0 Å². The molecule has 0 aliphatic carbocycles. The van der Waals surface area contributed by atoms with Gasteiger partial charge in [0, 0.05) is 20.6 Å². The van der Waals surface area contributed by atoms with Crippen LogP contribution >= 0.6 is 22.6 Å². The summed E-state index contributed by atoms with van der Waals surface area (Å²) in [5.41, 5.74) is 3.04. The summed E-state index contributed by atoms with van der Waals surface area (Å²) in [7, 11) is 0. The van der Waals surface area contributed by atoms with E-state index < -0.39 is 0 Å². The maximum Gasteiger partial charge on any atom is 0.322 e. The molecule has 0 bridgehead atoms. The predicted octanol–water partition coefficient (Wildman–Crippen LogP) is 4.74. The third kappa shape index (κ3) is 4.54. The van der Waals surface area contributed by atoms with Gasteiger partial charge in [-0.15, -0.1) is 0 Å². The number of nitrogens with zero attached hydrogens (tertiary/aromatic N) is 2. The second kappa shape index (κ2) is 7.60. The molecule has 0 aliphatic heterocycles. The van der Waals surface area contributed by atoms with E-state index in [0.717, 1.165) is 15.0 Å². The zero-order valence-corrected chi connectivity index (χ0v) is 15.9. The second-order valence-electron chi connectivity index (χ2n) is 5.49. The average Bonchev–Trinajstić information content (AvgIpc) is 2.56. The molecule has 1 N–H and O–H groups in total. The number of aryl methyl sites for hydroxylation is 2. The molecule has 2 aromatic carbocycles. The van der Waals surface area contributed by atoms with Crippen LogP contribution in [0.15, 0.2) is 54.6 Å². The molecular weight excluding hydrogens is 429 g/mol. The SMILES string of the molecule is Cc1cc(C)nc(Oc2ccc(NC(=O)c3ccccc3I)cc2)n1. The van der Waals surface area contributed by atoms with Crippen LogP contribution in [-0.4, -0.2) is 15.9 Å². The molecule has 0 radical (unpaired) electrons. The molecule has 0 saturated carbocycles. The summed E-state index contributed by atoms with van der Waals surface area (Å²) in [6.45, 7) is 3.79. The molecule has 0 aliphatic rings. The number of ether oxygens (including phenoxy) is 1. The first-order valence-electron chi connectivity index (χ1n) is 7.67. The van der Waals surface area contributed by atoms with Crippen LogP contribution in [0.2, 0.25) is 0 Å². The van der Waals surface area contributed by atoms with Gasteiger partial charge in [0.25, 0.3) is 5.91 Å². The van der Waals surface area contributed by atoms with Gasteiger partial charge in [0.1, 0.15) is 5.75 Å². The first-order chi connectivity index (χ1) is 12.0. The Kier molecular flexibility index (Phi) is 5.28. The van der Waals surface area contributed by atoms with E-state index in [9.17, 15) is 4.79 Å². The Bertz CT molecular complexity index is 891. The summed E-state index contributed by atoms with van der Waals surface area (Å²) in [5, 5.41) is 2.88. The Morgan fingerprint density at radius 1 is 1.00 bits per heavy atom. The zero-order chi connectivity index (χ0) is 17.8. The molecule has 126 valence electrons. The Morgan fingerprint density at radius 3 is 2.28 bits per heavy atom. The normalized spacial score (nSPS) is 10.4. The van der Waals surface area contributed by atoms with Crippen LogP contribution in [-0.2, 0) is 0 Å². The fraction of sp³-hybridized carbons (Fsp3) is 0.105. The number of hydrogen-bond acceptors (Lipinski definition) is 4. The highest BCUT2D eigenvalue weighted by atomic mass is 127.